The Hall–Kier alpha value is -6.51. The molecule has 0 unspecified atom stereocenters. The lowest BCUT2D eigenvalue weighted by Gasteiger charge is -2.35. The normalized spacial score (nSPS) is 15.6. The number of likely N-dealkylation sites (tertiary alicyclic amines) is 1. The number of β-amino-alcohol motifs (C(OH)–C–C–N with tert-alkyl or cyclic N) is 1. The van der Waals surface area contributed by atoms with Crippen molar-refractivity contribution in [3.8, 4) is 27.7 Å². The number of aromatic nitrogens is 1. The zero-order valence-corrected chi connectivity index (χ0v) is 39.8. The van der Waals surface area contributed by atoms with Crippen LogP contribution in [0.3, 0.4) is 0 Å². The van der Waals surface area contributed by atoms with Gasteiger partial charge < -0.3 is 40.9 Å². The average molecular weight is 930 g/mol. The Bertz CT molecular complexity index is 2480. The van der Waals surface area contributed by atoms with E-state index in [1.54, 1.807) is 35.6 Å². The second-order valence-corrected chi connectivity index (χ2v) is 18.9. The van der Waals surface area contributed by atoms with E-state index in [2.05, 4.69) is 27.9 Å². The topological polar surface area (TPSA) is 190 Å². The number of aromatic hydroxyl groups is 2. The number of aryl methyl sites for hydroxylation is 1. The van der Waals surface area contributed by atoms with Crippen LogP contribution >= 0.6 is 11.3 Å². The standard InChI is InChI=1S/C53H63N5O8S/c1-6-44(36-16-22-40(59)23-17-36)48(37-18-24-41(60)25-19-37)38-20-26-43(27-21-38)66-29-28-54-46(62)10-8-7-9-11-47(63)57-50(53(3,4)5)52(65)58-32-42(61)30-45(58)51(64)55-31-35-12-14-39(15-13-35)49-34(2)56-33-67-49/h12-27,33,42,45,50,59-61H,6-11,28-32H2,1-5H3,(H,54,62)(H,55,64)(H,57,63)/t42-,45+,50-/m1/s1. The van der Waals surface area contributed by atoms with Crippen LogP contribution in [0.15, 0.2) is 103 Å². The van der Waals surface area contributed by atoms with Crippen LogP contribution in [0.4, 0.5) is 0 Å². The molecule has 4 aromatic carbocycles. The summed E-state index contributed by atoms with van der Waals surface area (Å²) in [6.07, 6.45) is 2.19. The minimum Gasteiger partial charge on any atom is -0.508 e. The number of ether oxygens (including phenoxy) is 1. The summed E-state index contributed by atoms with van der Waals surface area (Å²) < 4.78 is 5.94. The van der Waals surface area contributed by atoms with Crippen LogP contribution < -0.4 is 20.7 Å². The van der Waals surface area contributed by atoms with E-state index >= 15 is 0 Å². The number of phenols is 2. The number of rotatable bonds is 20. The first-order valence-electron chi connectivity index (χ1n) is 23.0. The Kier molecular flexibility index (Phi) is 17.3. The number of unbranched alkanes of at least 4 members (excludes halogenated alkanes) is 2. The number of allylic oxidation sites excluding steroid dienone is 1. The molecule has 0 radical (unpaired) electrons. The van der Waals surface area contributed by atoms with Crippen LogP contribution in [0.1, 0.15) is 101 Å². The SMILES string of the molecule is CCC(=C(c1ccc(O)cc1)c1ccc(OCCNC(=O)CCCCCC(=O)N[C@H](C(=O)N2C[C@H](O)C[C@H]2C(=O)NCc2ccc(-c3scnc3C)cc2)C(C)(C)C)cc1)c1ccc(O)cc1. The molecule has 1 aliphatic rings. The molecule has 354 valence electrons. The van der Waals surface area contributed by atoms with E-state index in [0.717, 1.165) is 56.0 Å². The number of thiazole rings is 1. The lowest BCUT2D eigenvalue weighted by molar-refractivity contribution is -0.144. The molecule has 4 amide bonds. The Balaban J connectivity index is 0.912. The van der Waals surface area contributed by atoms with E-state index in [1.807, 2.05) is 106 Å². The molecule has 1 fully saturated rings. The first-order valence-corrected chi connectivity index (χ1v) is 23.9. The molecule has 6 rings (SSSR count). The molecular formula is C53H63N5O8S. The lowest BCUT2D eigenvalue weighted by Crippen LogP contribution is -2.57. The van der Waals surface area contributed by atoms with Crippen LogP contribution in [0, 0.1) is 12.3 Å². The predicted molar refractivity (Wildman–Crippen MR) is 262 cm³/mol. The zero-order chi connectivity index (χ0) is 48.1. The molecule has 14 heteroatoms. The monoisotopic (exact) mass is 929 g/mol. The zero-order valence-electron chi connectivity index (χ0n) is 39.0. The van der Waals surface area contributed by atoms with Gasteiger partial charge in [0.2, 0.25) is 23.6 Å². The molecule has 1 aliphatic heterocycles. The van der Waals surface area contributed by atoms with Crippen LogP contribution in [0.5, 0.6) is 17.2 Å². The van der Waals surface area contributed by atoms with Crippen molar-refractivity contribution in [1.82, 2.24) is 25.8 Å². The van der Waals surface area contributed by atoms with Crippen molar-refractivity contribution < 1.29 is 39.2 Å². The summed E-state index contributed by atoms with van der Waals surface area (Å²) in [7, 11) is 0. The van der Waals surface area contributed by atoms with Crippen molar-refractivity contribution in [3.63, 3.8) is 0 Å². The summed E-state index contributed by atoms with van der Waals surface area (Å²) in [5.41, 5.74) is 9.03. The average Bonchev–Trinajstić information content (AvgIpc) is 3.93. The highest BCUT2D eigenvalue weighted by Crippen LogP contribution is 2.36. The number of amides is 4. The fourth-order valence-electron chi connectivity index (χ4n) is 8.26. The maximum Gasteiger partial charge on any atom is 0.246 e. The fraction of sp³-hybridized carbons (Fsp3) is 0.377. The summed E-state index contributed by atoms with van der Waals surface area (Å²) in [6, 6.07) is 28.0. The molecule has 0 saturated carbocycles. The highest BCUT2D eigenvalue weighted by atomic mass is 32.1. The van der Waals surface area contributed by atoms with Gasteiger partial charge in [-0.15, -0.1) is 11.3 Å². The van der Waals surface area contributed by atoms with Gasteiger partial charge in [0.25, 0.3) is 0 Å². The Morgan fingerprint density at radius 2 is 1.40 bits per heavy atom. The second-order valence-electron chi connectivity index (χ2n) is 18.0. The minimum atomic E-state index is -0.917. The van der Waals surface area contributed by atoms with Crippen LogP contribution in [0.25, 0.3) is 21.6 Å². The number of nitrogens with one attached hydrogen (secondary N) is 3. The van der Waals surface area contributed by atoms with Gasteiger partial charge in [-0.25, -0.2) is 4.98 Å². The third kappa shape index (κ3) is 13.8. The molecule has 2 heterocycles. The maximum atomic E-state index is 14.0. The van der Waals surface area contributed by atoms with Crippen molar-refractivity contribution in [3.05, 3.63) is 131 Å². The molecule has 0 aliphatic carbocycles. The van der Waals surface area contributed by atoms with E-state index in [0.29, 0.717) is 38.0 Å². The summed E-state index contributed by atoms with van der Waals surface area (Å²) in [5, 5.41) is 39.1. The number of nitrogens with zero attached hydrogens (tertiary/aromatic N) is 2. The van der Waals surface area contributed by atoms with Gasteiger partial charge in [0, 0.05) is 32.4 Å². The van der Waals surface area contributed by atoms with Gasteiger partial charge in [-0.1, -0.05) is 94.8 Å². The lowest BCUT2D eigenvalue weighted by atomic mass is 9.85. The van der Waals surface area contributed by atoms with E-state index in [-0.39, 0.29) is 61.8 Å². The number of benzene rings is 4. The number of carbonyl (C=O) groups is 4. The molecule has 1 saturated heterocycles. The number of hydrogen-bond acceptors (Lipinski definition) is 10. The third-order valence-electron chi connectivity index (χ3n) is 11.9. The van der Waals surface area contributed by atoms with E-state index in [9.17, 15) is 34.5 Å². The predicted octanol–water partition coefficient (Wildman–Crippen LogP) is 8.15. The molecule has 6 N–H and O–H groups in total. The molecule has 13 nitrogen and oxygen atoms in total. The van der Waals surface area contributed by atoms with E-state index in [4.69, 9.17) is 4.74 Å². The van der Waals surface area contributed by atoms with E-state index < -0.39 is 29.5 Å². The van der Waals surface area contributed by atoms with Crippen molar-refractivity contribution in [2.45, 2.75) is 104 Å². The van der Waals surface area contributed by atoms with Crippen LogP contribution in [-0.4, -0.2) is 86.7 Å². The highest BCUT2D eigenvalue weighted by Gasteiger charge is 2.44. The molecular weight excluding hydrogens is 867 g/mol. The highest BCUT2D eigenvalue weighted by molar-refractivity contribution is 7.13. The largest absolute Gasteiger partial charge is 0.508 e. The van der Waals surface area contributed by atoms with Gasteiger partial charge in [-0.05, 0) is 107 Å². The Morgan fingerprint density at radius 1 is 0.806 bits per heavy atom. The number of phenolic OH excluding ortho intramolecular Hbond substituents is 2. The van der Waals surface area contributed by atoms with Crippen molar-refractivity contribution in [1.29, 1.82) is 0 Å². The maximum absolute atomic E-state index is 14.0. The summed E-state index contributed by atoms with van der Waals surface area (Å²) in [6.45, 7) is 10.5. The Morgan fingerprint density at radius 3 is 1.99 bits per heavy atom. The van der Waals surface area contributed by atoms with Crippen molar-refractivity contribution in [2.75, 3.05) is 19.7 Å². The summed E-state index contributed by atoms with van der Waals surface area (Å²) >= 11 is 1.57. The van der Waals surface area contributed by atoms with Gasteiger partial charge in [-0.3, -0.25) is 19.2 Å². The molecule has 1 aromatic heterocycles. The molecule has 0 spiro atoms. The van der Waals surface area contributed by atoms with Gasteiger partial charge in [0.1, 0.15) is 35.9 Å². The number of aliphatic hydroxyl groups excluding tert-OH is 1. The quantitative estimate of drug-likeness (QED) is 0.0331. The summed E-state index contributed by atoms with van der Waals surface area (Å²) in [4.78, 5) is 60.0. The fourth-order valence-corrected chi connectivity index (χ4v) is 9.07. The number of hydrogen-bond donors (Lipinski definition) is 6. The minimum absolute atomic E-state index is 0.00514. The Labute approximate surface area is 397 Å². The van der Waals surface area contributed by atoms with Gasteiger partial charge in [0.15, 0.2) is 0 Å². The second kappa shape index (κ2) is 23.3. The smallest absolute Gasteiger partial charge is 0.246 e. The summed E-state index contributed by atoms with van der Waals surface area (Å²) in [5.74, 6) is -0.157. The molecule has 67 heavy (non-hydrogen) atoms. The number of aliphatic hydroxyl groups is 1. The number of carbonyl (C=O) groups excluding carboxylic acids is 4. The first kappa shape index (κ1) is 49.9. The van der Waals surface area contributed by atoms with Gasteiger partial charge >= 0.3 is 0 Å². The van der Waals surface area contributed by atoms with Crippen LogP contribution in [-0.2, 0) is 25.7 Å². The van der Waals surface area contributed by atoms with Crippen LogP contribution in [0.2, 0.25) is 0 Å². The first-order chi connectivity index (χ1) is 32.1. The van der Waals surface area contributed by atoms with Gasteiger partial charge in [0.05, 0.1) is 28.7 Å². The molecule has 3 atom stereocenters. The molecule has 0 bridgehead atoms. The molecule has 5 aromatic rings. The van der Waals surface area contributed by atoms with Crippen molar-refractivity contribution in [2.24, 2.45) is 5.41 Å². The van der Waals surface area contributed by atoms with Gasteiger partial charge in [-0.2, -0.15) is 0 Å². The van der Waals surface area contributed by atoms with E-state index in [1.165, 1.54) is 4.90 Å². The van der Waals surface area contributed by atoms with Crippen molar-refractivity contribution >= 4 is 46.1 Å². The third-order valence-corrected chi connectivity index (χ3v) is 12.9.